The van der Waals surface area contributed by atoms with Gasteiger partial charge in [-0.25, -0.2) is 4.79 Å². The minimum Gasteiger partial charge on any atom is -0.494 e. The Morgan fingerprint density at radius 1 is 1.00 bits per heavy atom. The van der Waals surface area contributed by atoms with Crippen molar-refractivity contribution in [2.24, 2.45) is 5.92 Å². The fourth-order valence-electron chi connectivity index (χ4n) is 4.44. The van der Waals surface area contributed by atoms with Crippen molar-refractivity contribution in [3.8, 4) is 5.75 Å². The summed E-state index contributed by atoms with van der Waals surface area (Å²) in [5.41, 5.74) is 1.57. The molecular weight excluding hydrogens is 518 g/mol. The number of benzene rings is 1. The Labute approximate surface area is 234 Å². The van der Waals surface area contributed by atoms with Crippen molar-refractivity contribution < 1.29 is 44.2 Å². The van der Waals surface area contributed by atoms with Gasteiger partial charge in [-0.05, 0) is 43.2 Å². The van der Waals surface area contributed by atoms with Crippen LogP contribution in [0, 0.1) is 5.92 Å². The predicted octanol–water partition coefficient (Wildman–Crippen LogP) is 1.74. The van der Waals surface area contributed by atoms with Crippen LogP contribution in [-0.4, -0.2) is 95.0 Å². The molecule has 10 heteroatoms. The zero-order valence-corrected chi connectivity index (χ0v) is 22.8. The Bertz CT molecular complexity index is 1110. The topological polar surface area (TPSA) is 146 Å². The lowest BCUT2D eigenvalue weighted by molar-refractivity contribution is -0.140. The zero-order valence-electron chi connectivity index (χ0n) is 22.8. The van der Waals surface area contributed by atoms with Crippen LogP contribution in [0.25, 0.3) is 5.57 Å². The Morgan fingerprint density at radius 3 is 2.35 bits per heavy atom. The fraction of sp³-hybridized carbons (Fsp3) is 0.467. The van der Waals surface area contributed by atoms with Gasteiger partial charge in [-0.3, -0.25) is 4.79 Å². The maximum Gasteiger partial charge on any atom is 0.333 e. The Morgan fingerprint density at radius 2 is 1.70 bits per heavy atom. The Hall–Kier alpha value is -3.44. The molecule has 2 aliphatic rings. The molecule has 1 amide bonds. The van der Waals surface area contributed by atoms with E-state index in [2.05, 4.69) is 6.58 Å². The molecule has 1 aliphatic carbocycles. The standard InChI is InChI=1S/C30H39NO9/c1-20(2)30(37)40-16-11-28(35)27(34)10-15-38-24-9-6-22-18-25(21-4-7-23(8-5-21)39-17-14-33)29(36)31(12-3-13-32)26(22)19-24/h4-9,18-19,22,26-28,32-35H,1,3,10-17H2,2H3. The number of fused-ring (bicyclic) bond motifs is 1. The van der Waals surface area contributed by atoms with Crippen LogP contribution in [0.4, 0.5) is 0 Å². The summed E-state index contributed by atoms with van der Waals surface area (Å²) in [6.45, 7) is 5.54. The second-order valence-corrected chi connectivity index (χ2v) is 9.73. The first-order chi connectivity index (χ1) is 19.2. The van der Waals surface area contributed by atoms with Gasteiger partial charge in [0.2, 0.25) is 0 Å². The van der Waals surface area contributed by atoms with Crippen molar-refractivity contribution in [3.63, 3.8) is 0 Å². The molecule has 10 nitrogen and oxygen atoms in total. The normalized spacial score (nSPS) is 19.7. The van der Waals surface area contributed by atoms with Gasteiger partial charge < -0.3 is 39.5 Å². The first-order valence-electron chi connectivity index (χ1n) is 13.4. The van der Waals surface area contributed by atoms with Crippen molar-refractivity contribution in [2.45, 2.75) is 44.4 Å². The Kier molecular flexibility index (Phi) is 12.0. The van der Waals surface area contributed by atoms with Crippen molar-refractivity contribution in [3.05, 3.63) is 72.0 Å². The van der Waals surface area contributed by atoms with Crippen LogP contribution in [0.3, 0.4) is 0 Å². The lowest BCUT2D eigenvalue weighted by Crippen LogP contribution is -2.47. The summed E-state index contributed by atoms with van der Waals surface area (Å²) in [6.07, 6.45) is 6.09. The number of nitrogens with zero attached hydrogens (tertiary/aromatic N) is 1. The minimum absolute atomic E-state index is 0.0312. The number of hydrogen-bond donors (Lipinski definition) is 4. The van der Waals surface area contributed by atoms with Crippen molar-refractivity contribution in [1.82, 2.24) is 4.90 Å². The molecule has 218 valence electrons. The van der Waals surface area contributed by atoms with E-state index in [0.29, 0.717) is 30.0 Å². The van der Waals surface area contributed by atoms with E-state index in [4.69, 9.17) is 19.3 Å². The van der Waals surface area contributed by atoms with Crippen LogP contribution in [0.2, 0.25) is 0 Å². The molecule has 1 aromatic carbocycles. The maximum atomic E-state index is 13.5. The molecule has 0 saturated heterocycles. The molecule has 4 N–H and O–H groups in total. The minimum atomic E-state index is -1.08. The number of allylic oxidation sites excluding steroid dienone is 1. The molecule has 0 bridgehead atoms. The summed E-state index contributed by atoms with van der Waals surface area (Å²) >= 11 is 0. The van der Waals surface area contributed by atoms with Crippen molar-refractivity contribution in [1.29, 1.82) is 0 Å². The van der Waals surface area contributed by atoms with E-state index in [1.807, 2.05) is 36.4 Å². The predicted molar refractivity (Wildman–Crippen MR) is 148 cm³/mol. The van der Waals surface area contributed by atoms with Crippen molar-refractivity contribution in [2.75, 3.05) is 39.6 Å². The van der Waals surface area contributed by atoms with E-state index in [1.54, 1.807) is 17.0 Å². The van der Waals surface area contributed by atoms with Crippen LogP contribution >= 0.6 is 0 Å². The van der Waals surface area contributed by atoms with Gasteiger partial charge in [0.1, 0.15) is 18.1 Å². The second-order valence-electron chi connectivity index (χ2n) is 9.73. The average Bonchev–Trinajstić information content (AvgIpc) is 2.95. The lowest BCUT2D eigenvalue weighted by Gasteiger charge is -2.39. The summed E-state index contributed by atoms with van der Waals surface area (Å²) < 4.78 is 16.2. The van der Waals surface area contributed by atoms with E-state index >= 15 is 0 Å². The van der Waals surface area contributed by atoms with Gasteiger partial charge in [-0.15, -0.1) is 0 Å². The number of carbonyl (C=O) groups is 2. The smallest absolute Gasteiger partial charge is 0.333 e. The number of esters is 1. The van der Waals surface area contributed by atoms with Gasteiger partial charge in [0.25, 0.3) is 5.91 Å². The molecule has 1 aliphatic heterocycles. The highest BCUT2D eigenvalue weighted by Gasteiger charge is 2.36. The number of carbonyl (C=O) groups excluding carboxylic acids is 2. The highest BCUT2D eigenvalue weighted by Crippen LogP contribution is 2.34. The van der Waals surface area contributed by atoms with Gasteiger partial charge in [0.15, 0.2) is 0 Å². The third-order valence-electron chi connectivity index (χ3n) is 6.63. The summed E-state index contributed by atoms with van der Waals surface area (Å²) in [7, 11) is 0. The number of rotatable bonds is 16. The highest BCUT2D eigenvalue weighted by atomic mass is 16.5. The van der Waals surface area contributed by atoms with Crippen LogP contribution in [-0.2, 0) is 19.1 Å². The molecule has 0 aromatic heterocycles. The van der Waals surface area contributed by atoms with Gasteiger partial charge in [-0.2, -0.15) is 0 Å². The molecule has 0 fully saturated rings. The quantitative estimate of drug-likeness (QED) is 0.176. The third kappa shape index (κ3) is 8.53. The summed E-state index contributed by atoms with van der Waals surface area (Å²) in [6, 6.07) is 6.83. The SMILES string of the molecule is C=C(C)C(=O)OCCC(O)C(O)CCOC1=CC2C(C=C1)C=C(c1ccc(OCCO)cc1)C(=O)N2CCCO. The van der Waals surface area contributed by atoms with Gasteiger partial charge >= 0.3 is 5.97 Å². The monoisotopic (exact) mass is 557 g/mol. The average molecular weight is 558 g/mol. The van der Waals surface area contributed by atoms with Crippen LogP contribution < -0.4 is 4.74 Å². The maximum absolute atomic E-state index is 13.5. The molecule has 0 saturated carbocycles. The summed E-state index contributed by atoms with van der Waals surface area (Å²) in [5, 5.41) is 38.8. The van der Waals surface area contributed by atoms with Crippen molar-refractivity contribution >= 4 is 17.4 Å². The lowest BCUT2D eigenvalue weighted by atomic mass is 9.85. The zero-order chi connectivity index (χ0) is 29.1. The molecule has 4 unspecified atom stereocenters. The largest absolute Gasteiger partial charge is 0.494 e. The van der Waals surface area contributed by atoms with E-state index in [1.165, 1.54) is 6.92 Å². The summed E-state index contributed by atoms with van der Waals surface area (Å²) in [4.78, 5) is 26.7. The third-order valence-corrected chi connectivity index (χ3v) is 6.63. The molecule has 3 rings (SSSR count). The van der Waals surface area contributed by atoms with Gasteiger partial charge in [0.05, 0.1) is 38.1 Å². The molecule has 40 heavy (non-hydrogen) atoms. The number of amides is 1. The molecule has 4 atom stereocenters. The highest BCUT2D eigenvalue weighted by molar-refractivity contribution is 6.20. The number of hydrogen-bond acceptors (Lipinski definition) is 9. The van der Waals surface area contributed by atoms with E-state index in [-0.39, 0.29) is 69.3 Å². The van der Waals surface area contributed by atoms with Crippen LogP contribution in [0.5, 0.6) is 5.75 Å². The first kappa shape index (κ1) is 31.1. The molecule has 1 aromatic rings. The molecule has 1 heterocycles. The van der Waals surface area contributed by atoms with Crippen LogP contribution in [0.1, 0.15) is 31.7 Å². The molecule has 0 radical (unpaired) electrons. The van der Waals surface area contributed by atoms with Crippen LogP contribution in [0.15, 0.2) is 66.5 Å². The van der Waals surface area contributed by atoms with E-state index < -0.39 is 18.2 Å². The molecular formula is C30H39NO9. The number of aliphatic hydroxyl groups is 4. The number of ether oxygens (including phenoxy) is 3. The van der Waals surface area contributed by atoms with E-state index in [0.717, 1.165) is 5.56 Å². The van der Waals surface area contributed by atoms with E-state index in [9.17, 15) is 24.9 Å². The Balaban J connectivity index is 1.61. The van der Waals surface area contributed by atoms with Gasteiger partial charge in [-0.1, -0.05) is 30.9 Å². The molecule has 0 spiro atoms. The summed E-state index contributed by atoms with van der Waals surface area (Å²) in [5.74, 6) is 0.344. The number of aliphatic hydroxyl groups excluding tert-OH is 4. The first-order valence-corrected chi connectivity index (χ1v) is 13.4. The second kappa shape index (κ2) is 15.4. The van der Waals surface area contributed by atoms with Gasteiger partial charge in [0, 0.05) is 43.1 Å². The fourth-order valence-corrected chi connectivity index (χ4v) is 4.44.